The Hall–Kier alpha value is -2.82. The Morgan fingerprint density at radius 3 is 2.24 bits per heavy atom. The Balaban J connectivity index is 1.69. The van der Waals surface area contributed by atoms with E-state index in [1.807, 2.05) is 85.8 Å². The number of nitrogens with one attached hydrogen (secondary N) is 2. The van der Waals surface area contributed by atoms with Crippen LogP contribution in [0.4, 0.5) is 0 Å². The zero-order valence-electron chi connectivity index (χ0n) is 16.6. The SMILES string of the molecule is COc1ccc([C@@H](NC(=O)CN[C@H](C)c2cccc(Cl)c2)c2ccccc2)cc1. The van der Waals surface area contributed by atoms with E-state index in [4.69, 9.17) is 16.3 Å². The zero-order valence-corrected chi connectivity index (χ0v) is 17.3. The minimum atomic E-state index is -0.238. The van der Waals surface area contributed by atoms with Gasteiger partial charge in [0.15, 0.2) is 0 Å². The number of ether oxygens (including phenoxy) is 1. The lowest BCUT2D eigenvalue weighted by atomic mass is 9.98. The smallest absolute Gasteiger partial charge is 0.234 e. The lowest BCUT2D eigenvalue weighted by Crippen LogP contribution is -2.37. The van der Waals surface area contributed by atoms with E-state index in [1.54, 1.807) is 7.11 Å². The van der Waals surface area contributed by atoms with Crippen molar-refractivity contribution in [1.82, 2.24) is 10.6 Å². The standard InChI is InChI=1S/C24H25ClN2O2/c1-17(20-9-6-10-21(25)15-20)26-16-23(28)27-24(18-7-4-3-5-8-18)19-11-13-22(29-2)14-12-19/h3-15,17,24,26H,16H2,1-2H3,(H,27,28)/t17-,24+/m1/s1. The van der Waals surface area contributed by atoms with Crippen LogP contribution in [0.15, 0.2) is 78.9 Å². The lowest BCUT2D eigenvalue weighted by molar-refractivity contribution is -0.120. The molecule has 29 heavy (non-hydrogen) atoms. The van der Waals surface area contributed by atoms with Crippen LogP contribution in [0, 0.1) is 0 Å². The number of methoxy groups -OCH3 is 1. The molecule has 1 amide bonds. The fraction of sp³-hybridized carbons (Fsp3) is 0.208. The summed E-state index contributed by atoms with van der Waals surface area (Å²) in [7, 11) is 1.64. The molecule has 0 fully saturated rings. The third-order valence-corrected chi connectivity index (χ3v) is 5.04. The van der Waals surface area contributed by atoms with Gasteiger partial charge in [-0.25, -0.2) is 0 Å². The minimum Gasteiger partial charge on any atom is -0.497 e. The van der Waals surface area contributed by atoms with Crippen molar-refractivity contribution < 1.29 is 9.53 Å². The van der Waals surface area contributed by atoms with Crippen LogP contribution < -0.4 is 15.4 Å². The fourth-order valence-electron chi connectivity index (χ4n) is 3.15. The van der Waals surface area contributed by atoms with E-state index in [2.05, 4.69) is 10.6 Å². The number of hydrogen-bond donors (Lipinski definition) is 2. The second-order valence-electron chi connectivity index (χ2n) is 6.84. The first-order chi connectivity index (χ1) is 14.1. The second-order valence-corrected chi connectivity index (χ2v) is 7.28. The first-order valence-electron chi connectivity index (χ1n) is 9.54. The van der Waals surface area contributed by atoms with Gasteiger partial charge in [-0.2, -0.15) is 0 Å². The molecule has 0 saturated carbocycles. The van der Waals surface area contributed by atoms with Crippen molar-refractivity contribution in [2.24, 2.45) is 0 Å². The third-order valence-electron chi connectivity index (χ3n) is 4.80. The third kappa shape index (κ3) is 5.83. The van der Waals surface area contributed by atoms with Crippen LogP contribution in [-0.4, -0.2) is 19.6 Å². The molecule has 2 atom stereocenters. The summed E-state index contributed by atoms with van der Waals surface area (Å²) in [6.07, 6.45) is 0. The molecule has 0 spiro atoms. The average molecular weight is 409 g/mol. The summed E-state index contributed by atoms with van der Waals surface area (Å²) in [5, 5.41) is 7.08. The normalized spacial score (nSPS) is 12.8. The largest absolute Gasteiger partial charge is 0.497 e. The summed E-state index contributed by atoms with van der Waals surface area (Å²) in [6, 6.07) is 25.1. The molecule has 0 aliphatic heterocycles. The van der Waals surface area contributed by atoms with Crippen LogP contribution in [0.3, 0.4) is 0 Å². The molecule has 0 saturated heterocycles. The highest BCUT2D eigenvalue weighted by molar-refractivity contribution is 6.30. The van der Waals surface area contributed by atoms with Gasteiger partial charge in [-0.3, -0.25) is 4.79 Å². The predicted octanol–water partition coefficient (Wildman–Crippen LogP) is 4.91. The maximum absolute atomic E-state index is 12.7. The van der Waals surface area contributed by atoms with Gasteiger partial charge in [0, 0.05) is 11.1 Å². The van der Waals surface area contributed by atoms with Crippen molar-refractivity contribution in [3.8, 4) is 5.75 Å². The number of carbonyl (C=O) groups is 1. The van der Waals surface area contributed by atoms with E-state index in [0.29, 0.717) is 5.02 Å². The molecule has 4 nitrogen and oxygen atoms in total. The lowest BCUT2D eigenvalue weighted by Gasteiger charge is -2.21. The van der Waals surface area contributed by atoms with Gasteiger partial charge in [0.1, 0.15) is 5.75 Å². The van der Waals surface area contributed by atoms with E-state index >= 15 is 0 Å². The van der Waals surface area contributed by atoms with E-state index < -0.39 is 0 Å². The van der Waals surface area contributed by atoms with Crippen molar-refractivity contribution in [2.45, 2.75) is 19.0 Å². The number of carbonyl (C=O) groups excluding carboxylic acids is 1. The van der Waals surface area contributed by atoms with Gasteiger partial charge in [0.2, 0.25) is 5.91 Å². The zero-order chi connectivity index (χ0) is 20.6. The first-order valence-corrected chi connectivity index (χ1v) is 9.91. The molecule has 0 bridgehead atoms. The molecule has 150 valence electrons. The molecular weight excluding hydrogens is 384 g/mol. The van der Waals surface area contributed by atoms with Crippen LogP contribution in [0.25, 0.3) is 0 Å². The molecule has 3 rings (SSSR count). The number of benzene rings is 3. The summed E-state index contributed by atoms with van der Waals surface area (Å²) in [4.78, 5) is 12.7. The summed E-state index contributed by atoms with van der Waals surface area (Å²) in [5.74, 6) is 0.701. The van der Waals surface area contributed by atoms with Gasteiger partial charge in [-0.1, -0.05) is 66.2 Å². The minimum absolute atomic E-state index is 0.00983. The van der Waals surface area contributed by atoms with E-state index in [9.17, 15) is 4.79 Å². The monoisotopic (exact) mass is 408 g/mol. The summed E-state index contributed by atoms with van der Waals surface area (Å²) in [5.41, 5.74) is 3.06. The molecule has 0 aliphatic carbocycles. The number of amides is 1. The van der Waals surface area contributed by atoms with Crippen molar-refractivity contribution in [3.63, 3.8) is 0 Å². The quantitative estimate of drug-likeness (QED) is 0.557. The maximum Gasteiger partial charge on any atom is 0.234 e. The van der Waals surface area contributed by atoms with Gasteiger partial charge in [-0.15, -0.1) is 0 Å². The Kier molecular flexibility index (Phi) is 7.28. The van der Waals surface area contributed by atoms with Crippen molar-refractivity contribution in [2.75, 3.05) is 13.7 Å². The summed E-state index contributed by atoms with van der Waals surface area (Å²) >= 11 is 6.06. The highest BCUT2D eigenvalue weighted by Gasteiger charge is 2.17. The molecule has 0 unspecified atom stereocenters. The molecule has 0 aliphatic rings. The Morgan fingerprint density at radius 1 is 0.931 bits per heavy atom. The van der Waals surface area contributed by atoms with Gasteiger partial charge >= 0.3 is 0 Å². The molecule has 0 radical (unpaired) electrons. The highest BCUT2D eigenvalue weighted by atomic mass is 35.5. The van der Waals surface area contributed by atoms with Crippen molar-refractivity contribution in [3.05, 3.63) is 101 Å². The Morgan fingerprint density at radius 2 is 1.59 bits per heavy atom. The van der Waals surface area contributed by atoms with Gasteiger partial charge in [0.05, 0.1) is 19.7 Å². The Bertz CT molecular complexity index is 929. The van der Waals surface area contributed by atoms with E-state index in [1.165, 1.54) is 0 Å². The van der Waals surface area contributed by atoms with Crippen LogP contribution >= 0.6 is 11.6 Å². The van der Waals surface area contributed by atoms with Gasteiger partial charge in [-0.05, 0) is 47.9 Å². The maximum atomic E-state index is 12.7. The van der Waals surface area contributed by atoms with E-state index in [0.717, 1.165) is 22.4 Å². The summed E-state index contributed by atoms with van der Waals surface area (Å²) < 4.78 is 5.24. The van der Waals surface area contributed by atoms with Crippen LogP contribution in [0.5, 0.6) is 5.75 Å². The second kappa shape index (κ2) is 10.1. The van der Waals surface area contributed by atoms with Crippen molar-refractivity contribution in [1.29, 1.82) is 0 Å². The van der Waals surface area contributed by atoms with Crippen LogP contribution in [-0.2, 0) is 4.79 Å². The number of halogens is 1. The molecular formula is C24H25ClN2O2. The molecule has 3 aromatic rings. The average Bonchev–Trinajstić information content (AvgIpc) is 2.76. The molecule has 2 N–H and O–H groups in total. The predicted molar refractivity (Wildman–Crippen MR) is 117 cm³/mol. The first kappa shape index (κ1) is 20.9. The number of rotatable bonds is 8. The number of hydrogen-bond acceptors (Lipinski definition) is 3. The van der Waals surface area contributed by atoms with Crippen molar-refractivity contribution >= 4 is 17.5 Å². The molecule has 0 aromatic heterocycles. The van der Waals surface area contributed by atoms with Gasteiger partial charge in [0.25, 0.3) is 0 Å². The molecule has 5 heteroatoms. The van der Waals surface area contributed by atoms with Crippen LogP contribution in [0.1, 0.15) is 35.7 Å². The van der Waals surface area contributed by atoms with Crippen LogP contribution in [0.2, 0.25) is 5.02 Å². The topological polar surface area (TPSA) is 50.4 Å². The highest BCUT2D eigenvalue weighted by Crippen LogP contribution is 2.24. The summed E-state index contributed by atoms with van der Waals surface area (Å²) in [6.45, 7) is 2.21. The Labute approximate surface area is 176 Å². The van der Waals surface area contributed by atoms with E-state index in [-0.39, 0.29) is 24.5 Å². The van der Waals surface area contributed by atoms with Gasteiger partial charge < -0.3 is 15.4 Å². The molecule has 0 heterocycles. The molecule has 3 aromatic carbocycles. The fourth-order valence-corrected chi connectivity index (χ4v) is 3.35.